The van der Waals surface area contributed by atoms with Gasteiger partial charge in [-0.1, -0.05) is 24.3 Å². The summed E-state index contributed by atoms with van der Waals surface area (Å²) in [5.74, 6) is -1.94. The number of carbonyl (C=O) groups excluding carboxylic acids is 2. The van der Waals surface area contributed by atoms with E-state index in [9.17, 15) is 27.2 Å². The number of amides is 2. The maximum absolute atomic E-state index is 12.9. The molecule has 0 radical (unpaired) electrons. The van der Waals surface area contributed by atoms with Crippen molar-refractivity contribution in [3.8, 4) is 0 Å². The third kappa shape index (κ3) is 6.25. The number of halogens is 4. The highest BCUT2D eigenvalue weighted by Gasteiger charge is 2.28. The van der Waals surface area contributed by atoms with Gasteiger partial charge in [0.05, 0.1) is 11.3 Å². The third-order valence-corrected chi connectivity index (χ3v) is 3.53. The minimum atomic E-state index is -4.54. The number of alkyl halides is 3. The molecule has 0 heterocycles. The lowest BCUT2D eigenvalue weighted by Gasteiger charge is -2.12. The van der Waals surface area contributed by atoms with Crippen LogP contribution in [0.2, 0.25) is 0 Å². The van der Waals surface area contributed by atoms with Crippen molar-refractivity contribution in [1.29, 1.82) is 0 Å². The molecule has 0 aliphatic carbocycles. The van der Waals surface area contributed by atoms with E-state index in [0.717, 1.165) is 0 Å². The number of hydrogen-bond acceptors (Lipinski definition) is 2. The molecule has 8 heteroatoms. The quantitative estimate of drug-likeness (QED) is 0.605. The van der Waals surface area contributed by atoms with Crippen molar-refractivity contribution < 1.29 is 27.2 Å². The summed E-state index contributed by atoms with van der Waals surface area (Å²) in [5.41, 5.74) is 1.16. The molecule has 0 aliphatic rings. The topological polar surface area (TPSA) is 58.2 Å². The van der Waals surface area contributed by atoms with Crippen LogP contribution in [0, 0.1) is 5.82 Å². The molecule has 2 aromatic rings. The first-order valence-electron chi connectivity index (χ1n) is 7.85. The maximum atomic E-state index is 12.9. The molecule has 2 N–H and O–H groups in total. The van der Waals surface area contributed by atoms with E-state index >= 15 is 0 Å². The summed E-state index contributed by atoms with van der Waals surface area (Å²) in [6.45, 7) is 0.173. The third-order valence-electron chi connectivity index (χ3n) is 3.53. The first kappa shape index (κ1) is 20.2. The second kappa shape index (κ2) is 8.48. The molecule has 0 aliphatic heterocycles. The Morgan fingerprint density at radius 2 is 1.67 bits per heavy atom. The van der Waals surface area contributed by atoms with Crippen molar-refractivity contribution in [1.82, 2.24) is 5.32 Å². The number of benzene rings is 2. The molecule has 0 bridgehead atoms. The van der Waals surface area contributed by atoms with E-state index in [-0.39, 0.29) is 11.3 Å². The van der Waals surface area contributed by atoms with E-state index in [1.165, 1.54) is 54.6 Å². The number of hydrogen-bond donors (Lipinski definition) is 2. The number of para-hydroxylation sites is 1. The highest BCUT2D eigenvalue weighted by molar-refractivity contribution is 6.08. The molecule has 0 spiro atoms. The average molecular weight is 380 g/mol. The van der Waals surface area contributed by atoms with Gasteiger partial charge in [-0.2, -0.15) is 13.2 Å². The van der Waals surface area contributed by atoms with Crippen molar-refractivity contribution >= 4 is 23.1 Å². The SMILES string of the molecule is C/C(=C/C(=O)Nc1ccccc1C(=O)NCC(F)(F)F)c1ccc(F)cc1. The second-order valence-electron chi connectivity index (χ2n) is 5.67. The van der Waals surface area contributed by atoms with Gasteiger partial charge in [-0.3, -0.25) is 9.59 Å². The van der Waals surface area contributed by atoms with Gasteiger partial charge in [0.15, 0.2) is 0 Å². The summed E-state index contributed by atoms with van der Waals surface area (Å²) >= 11 is 0. The largest absolute Gasteiger partial charge is 0.405 e. The second-order valence-corrected chi connectivity index (χ2v) is 5.67. The molecule has 0 aromatic heterocycles. The fourth-order valence-electron chi connectivity index (χ4n) is 2.23. The molecule has 2 rings (SSSR count). The molecule has 0 saturated carbocycles. The molecular weight excluding hydrogens is 364 g/mol. The van der Waals surface area contributed by atoms with Gasteiger partial charge in [-0.25, -0.2) is 4.39 Å². The van der Waals surface area contributed by atoms with Gasteiger partial charge < -0.3 is 10.6 Å². The number of rotatable bonds is 5. The highest BCUT2D eigenvalue weighted by Crippen LogP contribution is 2.18. The fraction of sp³-hybridized carbons (Fsp3) is 0.158. The van der Waals surface area contributed by atoms with Crippen molar-refractivity contribution in [3.63, 3.8) is 0 Å². The summed E-state index contributed by atoms with van der Waals surface area (Å²) in [6.07, 6.45) is -3.29. The fourth-order valence-corrected chi connectivity index (χ4v) is 2.23. The van der Waals surface area contributed by atoms with E-state index in [1.807, 2.05) is 0 Å². The lowest BCUT2D eigenvalue weighted by molar-refractivity contribution is -0.123. The van der Waals surface area contributed by atoms with E-state index in [4.69, 9.17) is 0 Å². The number of anilines is 1. The van der Waals surface area contributed by atoms with Gasteiger partial charge in [0.25, 0.3) is 5.91 Å². The number of allylic oxidation sites excluding steroid dienone is 1. The Hall–Kier alpha value is -3.16. The van der Waals surface area contributed by atoms with Crippen LogP contribution in [-0.2, 0) is 4.79 Å². The van der Waals surface area contributed by atoms with Crippen LogP contribution in [-0.4, -0.2) is 24.5 Å². The maximum Gasteiger partial charge on any atom is 0.405 e. The molecular formula is C19H16F4N2O2. The van der Waals surface area contributed by atoms with Crippen LogP contribution in [0.15, 0.2) is 54.6 Å². The van der Waals surface area contributed by atoms with Gasteiger partial charge in [-0.15, -0.1) is 0 Å². The summed E-state index contributed by atoms with van der Waals surface area (Å²) in [7, 11) is 0. The van der Waals surface area contributed by atoms with Crippen LogP contribution < -0.4 is 10.6 Å². The molecule has 2 aromatic carbocycles. The standard InChI is InChI=1S/C19H16F4N2O2/c1-12(13-6-8-14(20)9-7-13)10-17(26)25-16-5-3-2-4-15(16)18(27)24-11-19(21,22)23/h2-10H,11H2,1H3,(H,24,27)(H,25,26)/b12-10-. The Morgan fingerprint density at radius 1 is 1.04 bits per heavy atom. The Morgan fingerprint density at radius 3 is 2.30 bits per heavy atom. The van der Waals surface area contributed by atoms with Gasteiger partial charge >= 0.3 is 6.18 Å². The summed E-state index contributed by atoms with van der Waals surface area (Å²) in [4.78, 5) is 24.1. The molecule has 142 valence electrons. The zero-order chi connectivity index (χ0) is 20.0. The monoisotopic (exact) mass is 380 g/mol. The van der Waals surface area contributed by atoms with Crippen LogP contribution in [0.25, 0.3) is 5.57 Å². The molecule has 27 heavy (non-hydrogen) atoms. The Kier molecular flexibility index (Phi) is 6.33. The van der Waals surface area contributed by atoms with Crippen LogP contribution >= 0.6 is 0 Å². The lowest BCUT2D eigenvalue weighted by atomic mass is 10.1. The average Bonchev–Trinajstić information content (AvgIpc) is 2.60. The van der Waals surface area contributed by atoms with Crippen LogP contribution in [0.1, 0.15) is 22.8 Å². The zero-order valence-corrected chi connectivity index (χ0v) is 14.2. The lowest BCUT2D eigenvalue weighted by Crippen LogP contribution is -2.34. The first-order chi connectivity index (χ1) is 12.7. The Bertz CT molecular complexity index is 859. The van der Waals surface area contributed by atoms with Gasteiger partial charge in [-0.05, 0) is 42.3 Å². The minimum Gasteiger partial charge on any atom is -0.343 e. The van der Waals surface area contributed by atoms with Gasteiger partial charge in [0.2, 0.25) is 5.91 Å². The Balaban J connectivity index is 2.12. The van der Waals surface area contributed by atoms with Crippen molar-refractivity contribution in [3.05, 3.63) is 71.6 Å². The normalized spacial score (nSPS) is 11.8. The summed E-state index contributed by atoms with van der Waals surface area (Å²) in [6, 6.07) is 11.2. The van der Waals surface area contributed by atoms with E-state index in [2.05, 4.69) is 5.32 Å². The smallest absolute Gasteiger partial charge is 0.343 e. The molecule has 0 atom stereocenters. The summed E-state index contributed by atoms with van der Waals surface area (Å²) < 4.78 is 49.7. The number of carbonyl (C=O) groups is 2. The van der Waals surface area contributed by atoms with Crippen LogP contribution in [0.3, 0.4) is 0 Å². The first-order valence-corrected chi connectivity index (χ1v) is 7.85. The molecule has 2 amide bonds. The number of nitrogens with one attached hydrogen (secondary N) is 2. The molecule has 0 saturated heterocycles. The van der Waals surface area contributed by atoms with E-state index in [0.29, 0.717) is 11.1 Å². The highest BCUT2D eigenvalue weighted by atomic mass is 19.4. The predicted molar refractivity (Wildman–Crippen MR) is 93.5 cm³/mol. The molecule has 0 fully saturated rings. The van der Waals surface area contributed by atoms with Crippen molar-refractivity contribution in [2.24, 2.45) is 0 Å². The van der Waals surface area contributed by atoms with E-state index < -0.39 is 30.4 Å². The minimum absolute atomic E-state index is 0.0744. The zero-order valence-electron chi connectivity index (χ0n) is 14.2. The van der Waals surface area contributed by atoms with Crippen molar-refractivity contribution in [2.45, 2.75) is 13.1 Å². The van der Waals surface area contributed by atoms with Crippen LogP contribution in [0.5, 0.6) is 0 Å². The molecule has 0 unspecified atom stereocenters. The van der Waals surface area contributed by atoms with Gasteiger partial charge in [0, 0.05) is 6.08 Å². The van der Waals surface area contributed by atoms with E-state index in [1.54, 1.807) is 12.2 Å². The molecule has 4 nitrogen and oxygen atoms in total. The van der Waals surface area contributed by atoms with Crippen molar-refractivity contribution in [2.75, 3.05) is 11.9 Å². The van der Waals surface area contributed by atoms with Crippen LogP contribution in [0.4, 0.5) is 23.2 Å². The predicted octanol–water partition coefficient (Wildman–Crippen LogP) is 4.16. The van der Waals surface area contributed by atoms with Gasteiger partial charge in [0.1, 0.15) is 12.4 Å². The summed E-state index contributed by atoms with van der Waals surface area (Å²) in [5, 5.41) is 4.23. The Labute approximate surface area is 152 Å².